The molecule has 1 spiro atoms. The summed E-state index contributed by atoms with van der Waals surface area (Å²) in [6.07, 6.45) is 0. The Kier molecular flexibility index (Phi) is 7.20. The van der Waals surface area contributed by atoms with E-state index in [2.05, 4.69) is 5.32 Å². The van der Waals surface area contributed by atoms with Gasteiger partial charge in [-0.3, -0.25) is 34.1 Å². The second kappa shape index (κ2) is 10.4. The summed E-state index contributed by atoms with van der Waals surface area (Å²) in [6.45, 7) is 2.47. The minimum absolute atomic E-state index is 0.130. The van der Waals surface area contributed by atoms with Crippen LogP contribution in [0.15, 0.2) is 54.6 Å². The van der Waals surface area contributed by atoms with Gasteiger partial charge < -0.3 is 24.3 Å². The van der Waals surface area contributed by atoms with Crippen molar-refractivity contribution in [3.8, 4) is 5.75 Å². The Labute approximate surface area is 233 Å². The minimum Gasteiger partial charge on any atom is -0.484 e. The van der Waals surface area contributed by atoms with Crippen molar-refractivity contribution in [3.05, 3.63) is 70.3 Å². The number of hydrogen-bond acceptors (Lipinski definition) is 11. The first-order valence-corrected chi connectivity index (χ1v) is 13.2. The molecule has 2 amide bonds. The van der Waals surface area contributed by atoms with Gasteiger partial charge in [0.25, 0.3) is 17.5 Å². The molecule has 40 heavy (non-hydrogen) atoms. The fourth-order valence-electron chi connectivity index (χ4n) is 4.98. The van der Waals surface area contributed by atoms with Gasteiger partial charge in [0.15, 0.2) is 12.3 Å². The third kappa shape index (κ3) is 4.56. The summed E-state index contributed by atoms with van der Waals surface area (Å²) < 4.78 is 28.0. The van der Waals surface area contributed by atoms with Crippen LogP contribution in [-0.2, 0) is 39.3 Å². The average molecular weight is 574 g/mol. The average Bonchev–Trinajstić information content (AvgIpc) is 3.45. The Hall–Kier alpha value is -3.72. The van der Waals surface area contributed by atoms with Crippen molar-refractivity contribution in [2.45, 2.75) is 41.7 Å². The molecule has 3 saturated heterocycles. The van der Waals surface area contributed by atoms with Crippen molar-refractivity contribution in [1.82, 2.24) is 10.2 Å². The number of carbonyl (C=O) groups is 3. The summed E-state index contributed by atoms with van der Waals surface area (Å²) in [4.78, 5) is 49.9. The second-order valence-electron chi connectivity index (χ2n) is 9.61. The van der Waals surface area contributed by atoms with Crippen molar-refractivity contribution >= 4 is 35.2 Å². The number of methoxy groups -OCH3 is 1. The smallest absolute Gasteiger partial charge is 0.314 e. The van der Waals surface area contributed by atoms with Gasteiger partial charge in [0.1, 0.15) is 30.4 Å². The molecule has 5 atom stereocenters. The molecule has 13 nitrogen and oxygen atoms in total. The van der Waals surface area contributed by atoms with E-state index in [4.69, 9.17) is 23.7 Å². The minimum atomic E-state index is -1.81. The highest BCUT2D eigenvalue weighted by molar-refractivity contribution is 8.01. The third-order valence-corrected chi connectivity index (χ3v) is 8.76. The number of nitro benzene ring substituents is 1. The maximum Gasteiger partial charge on any atom is 0.314 e. The Morgan fingerprint density at radius 2 is 1.90 bits per heavy atom. The van der Waals surface area contributed by atoms with Crippen LogP contribution in [0.3, 0.4) is 0 Å². The summed E-state index contributed by atoms with van der Waals surface area (Å²) in [5.74, 6) is -2.71. The molecular weight excluding hydrogens is 546 g/mol. The van der Waals surface area contributed by atoms with Crippen molar-refractivity contribution in [2.24, 2.45) is 0 Å². The molecule has 0 radical (unpaired) electrons. The van der Waals surface area contributed by atoms with Crippen LogP contribution in [0.2, 0.25) is 0 Å². The van der Waals surface area contributed by atoms with Gasteiger partial charge in [-0.2, -0.15) is 0 Å². The normalized spacial score (nSPS) is 30.5. The number of esters is 1. The lowest BCUT2D eigenvalue weighted by Gasteiger charge is -2.49. The number of amides is 2. The van der Waals surface area contributed by atoms with Gasteiger partial charge >= 0.3 is 11.9 Å². The third-order valence-electron chi connectivity index (χ3n) is 7.08. The number of rotatable bonds is 9. The predicted molar refractivity (Wildman–Crippen MR) is 139 cm³/mol. The van der Waals surface area contributed by atoms with E-state index in [1.165, 1.54) is 55.0 Å². The monoisotopic (exact) mass is 573 g/mol. The molecule has 0 aromatic heterocycles. The zero-order valence-corrected chi connectivity index (χ0v) is 22.7. The van der Waals surface area contributed by atoms with E-state index in [0.29, 0.717) is 11.3 Å². The van der Waals surface area contributed by atoms with Gasteiger partial charge in [0.2, 0.25) is 0 Å². The predicted octanol–water partition coefficient (Wildman–Crippen LogP) is 1.90. The standard InChI is InChI=1S/C26H27N3O10S/c1-16(30)37-14-24(2)25(15-38-26(35-3,39-25)17-9-11-18(12-10-17)29(33)34)28-22(32)21(23(28)40-24)27-20(31)13-36-19-7-5-4-6-8-19/h4-12,21,23H,13-15H2,1-3H3,(H,27,31)/t21-,23-,24-,25+,26-/m1/s1. The molecule has 14 heteroatoms. The van der Waals surface area contributed by atoms with E-state index in [0.717, 1.165) is 0 Å². The van der Waals surface area contributed by atoms with Gasteiger partial charge in [-0.15, -0.1) is 11.8 Å². The topological polar surface area (TPSA) is 156 Å². The number of ether oxygens (including phenoxy) is 5. The van der Waals surface area contributed by atoms with Gasteiger partial charge in [0, 0.05) is 31.7 Å². The molecule has 5 rings (SSSR count). The molecular formula is C26H27N3O10S. The van der Waals surface area contributed by atoms with Crippen LogP contribution in [0.1, 0.15) is 19.4 Å². The van der Waals surface area contributed by atoms with E-state index >= 15 is 0 Å². The van der Waals surface area contributed by atoms with Crippen molar-refractivity contribution in [1.29, 1.82) is 0 Å². The van der Waals surface area contributed by atoms with E-state index < -0.39 is 50.6 Å². The van der Waals surface area contributed by atoms with Gasteiger partial charge in [-0.1, -0.05) is 18.2 Å². The number of non-ortho nitro benzene ring substituents is 1. The highest BCUT2D eigenvalue weighted by atomic mass is 32.2. The number of nitro groups is 1. The molecule has 1 N–H and O–H groups in total. The number of fused-ring (bicyclic) bond motifs is 2. The molecule has 0 bridgehead atoms. The number of benzene rings is 2. The molecule has 2 aromatic carbocycles. The first-order valence-electron chi connectivity index (χ1n) is 12.3. The van der Waals surface area contributed by atoms with E-state index in [1.807, 2.05) is 6.07 Å². The maximum absolute atomic E-state index is 13.5. The molecule has 3 aliphatic rings. The second-order valence-corrected chi connectivity index (χ2v) is 11.2. The largest absolute Gasteiger partial charge is 0.484 e. The summed E-state index contributed by atoms with van der Waals surface area (Å²) >= 11 is 1.30. The van der Waals surface area contributed by atoms with Crippen molar-refractivity contribution in [3.63, 3.8) is 0 Å². The fourth-order valence-corrected chi connectivity index (χ4v) is 6.73. The number of carbonyl (C=O) groups excluding carboxylic acids is 3. The van der Waals surface area contributed by atoms with Crippen LogP contribution in [0.4, 0.5) is 5.69 Å². The summed E-state index contributed by atoms with van der Waals surface area (Å²) in [7, 11) is 1.34. The lowest BCUT2D eigenvalue weighted by atomic mass is 9.91. The maximum atomic E-state index is 13.5. The quantitative estimate of drug-likeness (QED) is 0.202. The first kappa shape index (κ1) is 27.8. The summed E-state index contributed by atoms with van der Waals surface area (Å²) in [5.41, 5.74) is -1.27. The number of hydrogen-bond donors (Lipinski definition) is 1. The highest BCUT2D eigenvalue weighted by Crippen LogP contribution is 2.62. The number of β-lactam (4-membered cyclic amide) rings is 1. The molecule has 0 saturated carbocycles. The fraction of sp³-hybridized carbons (Fsp3) is 0.423. The lowest BCUT2D eigenvalue weighted by Crippen LogP contribution is -2.75. The van der Waals surface area contributed by atoms with Crippen molar-refractivity contribution in [2.75, 3.05) is 26.9 Å². The van der Waals surface area contributed by atoms with Crippen LogP contribution in [0.5, 0.6) is 5.75 Å². The number of para-hydroxylation sites is 1. The van der Waals surface area contributed by atoms with E-state index in [1.54, 1.807) is 31.2 Å². The van der Waals surface area contributed by atoms with E-state index in [9.17, 15) is 24.5 Å². The molecule has 0 unspecified atom stereocenters. The van der Waals surface area contributed by atoms with Gasteiger partial charge in [0.05, 0.1) is 9.67 Å². The molecule has 3 fully saturated rings. The Morgan fingerprint density at radius 1 is 1.20 bits per heavy atom. The number of nitrogens with zero attached hydrogens (tertiary/aromatic N) is 2. The van der Waals surface area contributed by atoms with Gasteiger partial charge in [-0.25, -0.2) is 0 Å². The molecule has 3 heterocycles. The zero-order chi connectivity index (χ0) is 28.7. The first-order chi connectivity index (χ1) is 19.0. The van der Waals surface area contributed by atoms with Crippen LogP contribution >= 0.6 is 11.8 Å². The zero-order valence-electron chi connectivity index (χ0n) is 21.9. The SMILES string of the molecule is CO[C@]1(c2ccc([N+](=O)[O-])cc2)OC[C@@]2(O1)N1C(=O)[C@@H](NC(=O)COc3ccccc3)[C@H]1S[C@]2(C)COC(C)=O. The number of thioether (sulfide) groups is 1. The summed E-state index contributed by atoms with van der Waals surface area (Å²) in [5, 5.41) is 13.3. The van der Waals surface area contributed by atoms with Crippen LogP contribution in [-0.4, -0.2) is 76.4 Å². The molecule has 212 valence electrons. The molecule has 0 aliphatic carbocycles. The van der Waals surface area contributed by atoms with Crippen LogP contribution < -0.4 is 10.1 Å². The highest BCUT2D eigenvalue weighted by Gasteiger charge is 2.77. The Bertz CT molecular complexity index is 1330. The van der Waals surface area contributed by atoms with Crippen LogP contribution in [0, 0.1) is 10.1 Å². The lowest BCUT2D eigenvalue weighted by molar-refractivity contribution is -0.385. The van der Waals surface area contributed by atoms with E-state index in [-0.39, 0.29) is 25.5 Å². The molecule has 3 aliphatic heterocycles. The van der Waals surface area contributed by atoms with Gasteiger partial charge in [-0.05, 0) is 31.2 Å². The van der Waals surface area contributed by atoms with Crippen molar-refractivity contribution < 1.29 is 43.0 Å². The molecule has 2 aromatic rings. The summed E-state index contributed by atoms with van der Waals surface area (Å²) in [6, 6.07) is 13.4. The van der Waals surface area contributed by atoms with Crippen LogP contribution in [0.25, 0.3) is 0 Å². The Morgan fingerprint density at radius 3 is 2.52 bits per heavy atom. The Balaban J connectivity index is 1.38. The number of nitrogens with one attached hydrogen (secondary N) is 1.